The van der Waals surface area contributed by atoms with Crippen molar-refractivity contribution in [1.29, 1.82) is 0 Å². The minimum absolute atomic E-state index is 0.326. The molecule has 1 aromatic rings. The van der Waals surface area contributed by atoms with Crippen molar-refractivity contribution in [3.05, 3.63) is 23.8 Å². The van der Waals surface area contributed by atoms with Crippen LogP contribution < -0.4 is 21.4 Å². The highest BCUT2D eigenvalue weighted by Crippen LogP contribution is 2.36. The summed E-state index contributed by atoms with van der Waals surface area (Å²) in [6.45, 7) is 9.09. The van der Waals surface area contributed by atoms with Crippen LogP contribution in [0.1, 0.15) is 58.9 Å². The van der Waals surface area contributed by atoms with Crippen molar-refractivity contribution in [2.45, 2.75) is 83.2 Å². The largest absolute Gasteiger partial charge is 0.494 e. The molecular weight excluding hydrogens is 351 g/mol. The highest BCUT2D eigenvalue weighted by molar-refractivity contribution is 6.62. The van der Waals surface area contributed by atoms with E-state index in [2.05, 4.69) is 68.9 Å². The number of rotatable bonds is 3. The summed E-state index contributed by atoms with van der Waals surface area (Å²) in [6.07, 6.45) is 4.80. The van der Waals surface area contributed by atoms with Gasteiger partial charge in [-0.05, 0) is 77.5 Å². The van der Waals surface area contributed by atoms with Crippen molar-refractivity contribution in [2.24, 2.45) is 4.99 Å². The summed E-state index contributed by atoms with van der Waals surface area (Å²) in [5.74, 6) is 0.892. The number of aliphatic imine (C=N–C) groups is 1. The van der Waals surface area contributed by atoms with Gasteiger partial charge in [0, 0.05) is 18.6 Å². The van der Waals surface area contributed by atoms with Gasteiger partial charge in [-0.15, -0.1) is 0 Å². The zero-order valence-electron chi connectivity index (χ0n) is 17.8. The van der Waals surface area contributed by atoms with E-state index < -0.39 is 0 Å². The summed E-state index contributed by atoms with van der Waals surface area (Å²) in [5.41, 5.74) is 2.60. The van der Waals surface area contributed by atoms with Gasteiger partial charge in [-0.3, -0.25) is 0 Å². The molecule has 0 bridgehead atoms. The van der Waals surface area contributed by atoms with Crippen LogP contribution >= 0.6 is 0 Å². The maximum Gasteiger partial charge on any atom is 0.494 e. The van der Waals surface area contributed by atoms with Crippen molar-refractivity contribution >= 4 is 24.2 Å². The summed E-state index contributed by atoms with van der Waals surface area (Å²) < 4.78 is 12.4. The van der Waals surface area contributed by atoms with E-state index in [1.807, 2.05) is 0 Å². The Hall–Kier alpha value is -1.57. The number of hydrogen-bond acceptors (Lipinski definition) is 6. The Labute approximate surface area is 169 Å². The van der Waals surface area contributed by atoms with Crippen molar-refractivity contribution in [3.8, 4) is 0 Å². The Kier molecular flexibility index (Phi) is 5.19. The molecule has 1 aromatic carbocycles. The molecule has 0 radical (unpaired) electrons. The normalized spacial score (nSPS) is 28.3. The van der Waals surface area contributed by atoms with Gasteiger partial charge in [0.1, 0.15) is 0 Å². The van der Waals surface area contributed by atoms with E-state index in [0.717, 1.165) is 23.7 Å². The van der Waals surface area contributed by atoms with Crippen LogP contribution in [0.4, 0.5) is 5.69 Å². The molecule has 0 atom stereocenters. The minimum Gasteiger partial charge on any atom is -0.399 e. The predicted molar refractivity (Wildman–Crippen MR) is 114 cm³/mol. The average Bonchev–Trinajstić information content (AvgIpc) is 2.89. The van der Waals surface area contributed by atoms with E-state index in [4.69, 9.17) is 14.3 Å². The fraction of sp³-hybridized carbons (Fsp3) is 0.667. The first-order valence-corrected chi connectivity index (χ1v) is 10.5. The summed E-state index contributed by atoms with van der Waals surface area (Å²) in [6, 6.07) is 7.47. The van der Waals surface area contributed by atoms with Gasteiger partial charge < -0.3 is 25.3 Å². The predicted octanol–water partition coefficient (Wildman–Crippen LogP) is 2.20. The molecule has 0 aromatic heterocycles. The zero-order chi connectivity index (χ0) is 19.9. The summed E-state index contributed by atoms with van der Waals surface area (Å²) in [7, 11) is 1.72. The molecule has 2 aliphatic heterocycles. The molecule has 1 saturated carbocycles. The van der Waals surface area contributed by atoms with E-state index in [9.17, 15) is 0 Å². The van der Waals surface area contributed by atoms with Crippen LogP contribution in [-0.2, 0) is 15.9 Å². The monoisotopic (exact) mass is 384 g/mol. The van der Waals surface area contributed by atoms with E-state index in [0.29, 0.717) is 12.1 Å². The van der Waals surface area contributed by atoms with E-state index in [1.54, 1.807) is 0 Å². The third-order valence-electron chi connectivity index (χ3n) is 6.78. The molecule has 0 amide bonds. The molecule has 1 saturated heterocycles. The van der Waals surface area contributed by atoms with Crippen molar-refractivity contribution in [2.75, 3.05) is 7.05 Å². The molecule has 3 aliphatic rings. The van der Waals surface area contributed by atoms with Gasteiger partial charge in [0.2, 0.25) is 0 Å². The second kappa shape index (κ2) is 7.36. The fourth-order valence-corrected chi connectivity index (χ4v) is 4.12. The van der Waals surface area contributed by atoms with Gasteiger partial charge in [0.25, 0.3) is 0 Å². The number of fused-ring (bicyclic) bond motifs is 1. The summed E-state index contributed by atoms with van der Waals surface area (Å²) in [4.78, 5) is 4.80. The third-order valence-corrected chi connectivity index (χ3v) is 6.78. The lowest BCUT2D eigenvalue weighted by molar-refractivity contribution is 0.00578. The van der Waals surface area contributed by atoms with Gasteiger partial charge in [0.15, 0.2) is 5.96 Å². The number of benzene rings is 1. The van der Waals surface area contributed by atoms with Gasteiger partial charge >= 0.3 is 7.12 Å². The molecule has 7 heteroatoms. The topological polar surface area (TPSA) is 66.9 Å². The molecule has 0 unspecified atom stereocenters. The quantitative estimate of drug-likeness (QED) is 0.698. The lowest BCUT2D eigenvalue weighted by Crippen LogP contribution is -2.47. The summed E-state index contributed by atoms with van der Waals surface area (Å²) >= 11 is 0. The molecule has 152 valence electrons. The van der Waals surface area contributed by atoms with E-state index in [-0.39, 0.29) is 18.3 Å². The van der Waals surface area contributed by atoms with Gasteiger partial charge in [0.05, 0.1) is 16.9 Å². The molecule has 4 rings (SSSR count). The second-order valence-electron chi connectivity index (χ2n) is 9.27. The Bertz CT molecular complexity index is 741. The molecule has 0 spiro atoms. The van der Waals surface area contributed by atoms with E-state index in [1.165, 1.54) is 31.2 Å². The molecule has 2 fully saturated rings. The molecule has 6 nitrogen and oxygen atoms in total. The highest BCUT2D eigenvalue weighted by Gasteiger charge is 2.51. The molecular formula is C21H33BN4O2. The first-order valence-electron chi connectivity index (χ1n) is 10.5. The van der Waals surface area contributed by atoms with Crippen molar-refractivity contribution < 1.29 is 9.31 Å². The molecule has 3 N–H and O–H groups in total. The van der Waals surface area contributed by atoms with Crippen LogP contribution in [0.15, 0.2) is 23.2 Å². The van der Waals surface area contributed by atoms with Crippen LogP contribution in [-0.4, -0.2) is 43.4 Å². The van der Waals surface area contributed by atoms with Crippen LogP contribution in [0.2, 0.25) is 0 Å². The number of nitrogens with zero attached hydrogens (tertiary/aromatic N) is 1. The first-order chi connectivity index (χ1) is 13.3. The molecule has 2 heterocycles. The van der Waals surface area contributed by atoms with Crippen LogP contribution in [0.25, 0.3) is 0 Å². The molecule has 1 aliphatic carbocycles. The average molecular weight is 384 g/mol. The van der Waals surface area contributed by atoms with Crippen LogP contribution in [0, 0.1) is 0 Å². The minimum atomic E-state index is -0.332. The zero-order valence-corrected chi connectivity index (χ0v) is 17.8. The second-order valence-corrected chi connectivity index (χ2v) is 9.27. The van der Waals surface area contributed by atoms with Crippen molar-refractivity contribution in [3.63, 3.8) is 0 Å². The highest BCUT2D eigenvalue weighted by atomic mass is 16.7. The summed E-state index contributed by atoms with van der Waals surface area (Å²) in [5, 5.41) is 10.4. The maximum absolute atomic E-state index is 6.18. The Morgan fingerprint density at radius 3 is 2.32 bits per heavy atom. The van der Waals surface area contributed by atoms with Crippen LogP contribution in [0.3, 0.4) is 0 Å². The number of guanidine groups is 1. The first kappa shape index (κ1) is 19.7. The fourth-order valence-electron chi connectivity index (χ4n) is 4.12. The number of nitrogens with one attached hydrogen (secondary N) is 3. The Morgan fingerprint density at radius 2 is 1.68 bits per heavy atom. The van der Waals surface area contributed by atoms with Gasteiger partial charge in [-0.2, -0.15) is 0 Å². The number of hydrogen-bond donors (Lipinski definition) is 3. The standard InChI is InChI=1S/C21H33BN4O2/c1-20(2)21(3,4)28-22(27-20)15-6-11-18-14(12-15)13-24-19(26-18)25-17-9-7-16(23-5)8-10-17/h6,11-12,16-17,23H,7-10,13H2,1-5H3,(H2,24,25,26)/t16-,17-. The molecule has 28 heavy (non-hydrogen) atoms. The van der Waals surface area contributed by atoms with E-state index >= 15 is 0 Å². The Balaban J connectivity index is 1.43. The maximum atomic E-state index is 6.18. The van der Waals surface area contributed by atoms with Gasteiger partial charge in [-0.25, -0.2) is 4.99 Å². The smallest absolute Gasteiger partial charge is 0.399 e. The lowest BCUT2D eigenvalue weighted by Gasteiger charge is -2.32. The Morgan fingerprint density at radius 1 is 1.04 bits per heavy atom. The lowest BCUT2D eigenvalue weighted by atomic mass is 9.78. The SMILES string of the molecule is CN[C@H]1CC[C@H](NC2=Nc3ccc(B4OC(C)(C)C(C)(C)O4)cc3CN2)CC1. The third kappa shape index (κ3) is 3.80. The van der Waals surface area contributed by atoms with Crippen LogP contribution in [0.5, 0.6) is 0 Å². The van der Waals surface area contributed by atoms with Gasteiger partial charge in [-0.1, -0.05) is 12.1 Å². The van der Waals surface area contributed by atoms with Crippen molar-refractivity contribution in [1.82, 2.24) is 16.0 Å².